The molecule has 12 rings (SSSR count). The van der Waals surface area contributed by atoms with Gasteiger partial charge in [-0.15, -0.1) is 0 Å². The lowest BCUT2D eigenvalue weighted by atomic mass is 9.33. The van der Waals surface area contributed by atoms with E-state index >= 15 is 4.79 Å². The van der Waals surface area contributed by atoms with E-state index in [1.54, 1.807) is 6.26 Å². The largest absolute Gasteiger partial charge is 0.469 e. The standard InChI is InChI=1S/C42H52N2O10/c1-37(2)41-11-4-10-39(32(47)33(41)48)29(40(41)20-51-31(46)17-30(40)53-37)7-12-38(3)34(52-36(49)35-42(38,39)54-35)26-9-14-50-28(26)16-24(19-45)22-5-6-25-23(15-22)8-13-44-21-43-18-27(25)44/h4,8-9,11,13-14,22-25,27,29-30,32,34-35,43,45,47H,5-7,10,12,15-21H2,1-3H3/t22-,23+,24+,25-,27+,29-,30-,32+,34-,35+,38-,39-,40-,41+,42+/m0/s1. The highest BCUT2D eigenvalue weighted by Crippen LogP contribution is 2.84. The third-order valence-electron chi connectivity index (χ3n) is 17.3. The van der Waals surface area contributed by atoms with Gasteiger partial charge in [-0.3, -0.25) is 14.9 Å². The maximum absolute atomic E-state index is 15.1. The molecule has 0 amide bonds. The van der Waals surface area contributed by atoms with Gasteiger partial charge in [-0.2, -0.15) is 0 Å². The lowest BCUT2D eigenvalue weighted by molar-refractivity contribution is -0.262. The van der Waals surface area contributed by atoms with Crippen molar-refractivity contribution in [3.05, 3.63) is 48.1 Å². The van der Waals surface area contributed by atoms with E-state index in [1.807, 2.05) is 32.1 Å². The Labute approximate surface area is 314 Å². The number of Topliss-reactive ketones (excluding diaryl/α,β-unsaturated/α-hetero) is 1. The summed E-state index contributed by atoms with van der Waals surface area (Å²) in [6.07, 6.45) is 11.6. The summed E-state index contributed by atoms with van der Waals surface area (Å²) in [4.78, 5) is 44.5. The van der Waals surface area contributed by atoms with Crippen LogP contribution in [0.4, 0.5) is 0 Å². The number of epoxide rings is 1. The van der Waals surface area contributed by atoms with Crippen LogP contribution in [-0.2, 0) is 39.8 Å². The van der Waals surface area contributed by atoms with Gasteiger partial charge in [-0.1, -0.05) is 25.2 Å². The Kier molecular flexibility index (Phi) is 6.90. The molecule has 1 aromatic rings. The van der Waals surface area contributed by atoms with Gasteiger partial charge in [0.25, 0.3) is 0 Å². The zero-order valence-electron chi connectivity index (χ0n) is 31.3. The van der Waals surface area contributed by atoms with Crippen molar-refractivity contribution in [2.75, 3.05) is 26.4 Å². The van der Waals surface area contributed by atoms with Gasteiger partial charge in [0.1, 0.15) is 30.2 Å². The van der Waals surface area contributed by atoms with Crippen LogP contribution in [0.2, 0.25) is 0 Å². The first-order chi connectivity index (χ1) is 25.9. The number of nitrogens with one attached hydrogen (secondary N) is 1. The Bertz CT molecular complexity index is 1890. The molecule has 6 aliphatic heterocycles. The molecule has 5 saturated heterocycles. The molecule has 15 atom stereocenters. The topological polar surface area (TPSA) is 160 Å². The normalized spacial score (nSPS) is 50.7. The van der Waals surface area contributed by atoms with Crippen LogP contribution in [0.5, 0.6) is 0 Å². The van der Waals surface area contributed by atoms with Crippen molar-refractivity contribution in [2.45, 2.75) is 114 Å². The van der Waals surface area contributed by atoms with Crippen LogP contribution >= 0.6 is 0 Å². The molecule has 290 valence electrons. The van der Waals surface area contributed by atoms with Crippen molar-refractivity contribution in [3.8, 4) is 0 Å². The van der Waals surface area contributed by atoms with Crippen LogP contribution in [-0.4, -0.2) is 94.8 Å². The van der Waals surface area contributed by atoms with E-state index in [0.29, 0.717) is 55.2 Å². The number of hydrogen-bond donors (Lipinski definition) is 3. The molecule has 12 heteroatoms. The predicted molar refractivity (Wildman–Crippen MR) is 189 cm³/mol. The highest BCUT2D eigenvalue weighted by atomic mass is 16.7. The lowest BCUT2D eigenvalue weighted by Crippen LogP contribution is -2.79. The Morgan fingerprint density at radius 3 is 2.76 bits per heavy atom. The van der Waals surface area contributed by atoms with Gasteiger partial charge in [0.2, 0.25) is 0 Å². The Morgan fingerprint density at radius 1 is 1.07 bits per heavy atom. The number of fused-ring (bicyclic) bond motifs is 5. The zero-order valence-corrected chi connectivity index (χ0v) is 31.3. The smallest absolute Gasteiger partial charge is 0.339 e. The molecule has 1 aromatic heterocycles. The molecule has 11 aliphatic rings. The summed E-state index contributed by atoms with van der Waals surface area (Å²) in [5, 5.41) is 27.0. The van der Waals surface area contributed by atoms with Gasteiger partial charge < -0.3 is 38.5 Å². The van der Waals surface area contributed by atoms with Crippen LogP contribution in [0.3, 0.4) is 0 Å². The monoisotopic (exact) mass is 744 g/mol. The number of ether oxygens (including phenoxy) is 4. The molecule has 3 N–H and O–H groups in total. The Hall–Kier alpha value is -3.03. The van der Waals surface area contributed by atoms with Gasteiger partial charge in [0.15, 0.2) is 11.9 Å². The van der Waals surface area contributed by atoms with Gasteiger partial charge in [-0.25, -0.2) is 4.79 Å². The van der Waals surface area contributed by atoms with Crippen LogP contribution in [0.25, 0.3) is 0 Å². The van der Waals surface area contributed by atoms with E-state index in [4.69, 9.17) is 23.4 Å². The molecule has 0 aromatic carbocycles. The predicted octanol–water partition coefficient (Wildman–Crippen LogP) is 3.36. The minimum absolute atomic E-state index is 0.00325. The molecule has 2 bridgehead atoms. The average Bonchev–Trinajstić information content (AvgIpc) is 3.48. The maximum atomic E-state index is 15.1. The van der Waals surface area contributed by atoms with Gasteiger partial charge in [0.05, 0.1) is 41.9 Å². The lowest BCUT2D eigenvalue weighted by Gasteiger charge is -2.68. The highest BCUT2D eigenvalue weighted by molar-refractivity contribution is 5.97. The van der Waals surface area contributed by atoms with Gasteiger partial charge >= 0.3 is 11.9 Å². The second-order valence-corrected chi connectivity index (χ2v) is 19.2. The van der Waals surface area contributed by atoms with Crippen molar-refractivity contribution >= 4 is 17.7 Å². The maximum Gasteiger partial charge on any atom is 0.339 e. The van der Waals surface area contributed by atoms with Crippen LogP contribution in [0, 0.1) is 51.2 Å². The number of aliphatic hydroxyl groups is 2. The van der Waals surface area contributed by atoms with Crippen molar-refractivity contribution < 1.29 is 48.0 Å². The van der Waals surface area contributed by atoms with Crippen molar-refractivity contribution in [1.82, 2.24) is 10.2 Å². The van der Waals surface area contributed by atoms with Crippen molar-refractivity contribution in [3.63, 3.8) is 0 Å². The second kappa shape index (κ2) is 10.9. The molecule has 7 heterocycles. The summed E-state index contributed by atoms with van der Waals surface area (Å²) in [5.41, 5.74) is -5.69. The number of aliphatic hydroxyl groups excluding tert-OH is 2. The van der Waals surface area contributed by atoms with E-state index < -0.39 is 63.2 Å². The van der Waals surface area contributed by atoms with E-state index in [2.05, 4.69) is 29.4 Å². The minimum atomic E-state index is -1.45. The number of allylic oxidation sites excluding steroid dienone is 2. The SMILES string of the molecule is CC1(C)O[C@H]2CC(=O)OC[C@]23[C@H]2CC[C@@]4(C)[C@H](c5ccoc5C[C@H](CO)[C@H]5CC[C@H]6[C@H](C=CN7CNC[C@H]67)C5)OC(=O)[C@H]5O[C@]54[C@@]24CC=C[C@@]13C(=O)[C@H]4O. The number of furan rings is 1. The summed E-state index contributed by atoms with van der Waals surface area (Å²) < 4.78 is 32.0. The third-order valence-corrected chi connectivity index (χ3v) is 17.3. The Morgan fingerprint density at radius 2 is 1.93 bits per heavy atom. The number of carbonyl (C=O) groups is 3. The molecular weight excluding hydrogens is 692 g/mol. The summed E-state index contributed by atoms with van der Waals surface area (Å²) in [7, 11) is 0. The minimum Gasteiger partial charge on any atom is -0.469 e. The van der Waals surface area contributed by atoms with Crippen LogP contribution in [0.15, 0.2) is 41.2 Å². The first-order valence-electron chi connectivity index (χ1n) is 20.3. The average molecular weight is 745 g/mol. The third kappa shape index (κ3) is 3.68. The quantitative estimate of drug-likeness (QED) is 0.230. The zero-order chi connectivity index (χ0) is 37.2. The van der Waals surface area contributed by atoms with Crippen molar-refractivity contribution in [2.24, 2.45) is 51.2 Å². The number of rotatable bonds is 5. The fourth-order valence-electron chi connectivity index (χ4n) is 15.2. The number of esters is 2. The van der Waals surface area contributed by atoms with E-state index in [9.17, 15) is 19.8 Å². The highest BCUT2D eigenvalue weighted by Gasteiger charge is 2.94. The summed E-state index contributed by atoms with van der Waals surface area (Å²) in [6, 6.07) is 2.42. The van der Waals surface area contributed by atoms with Gasteiger partial charge in [-0.05, 0) is 94.2 Å². The van der Waals surface area contributed by atoms with E-state index in [1.165, 1.54) is 0 Å². The number of ketones is 1. The fourth-order valence-corrected chi connectivity index (χ4v) is 15.2. The molecule has 5 aliphatic carbocycles. The molecule has 12 nitrogen and oxygen atoms in total. The number of cyclic esters (lactones) is 2. The Balaban J connectivity index is 0.955. The van der Waals surface area contributed by atoms with Crippen LogP contribution in [0.1, 0.15) is 83.1 Å². The summed E-state index contributed by atoms with van der Waals surface area (Å²) in [6.45, 7) is 7.82. The second-order valence-electron chi connectivity index (χ2n) is 19.2. The number of carbonyl (C=O) groups excluding carboxylic acids is 3. The van der Waals surface area contributed by atoms with Gasteiger partial charge in [0, 0.05) is 42.0 Å². The molecular formula is C42H52N2O10. The molecule has 0 radical (unpaired) electrons. The summed E-state index contributed by atoms with van der Waals surface area (Å²) in [5.74, 6) is 0.501. The number of hydrogen-bond acceptors (Lipinski definition) is 12. The van der Waals surface area contributed by atoms with E-state index in [-0.39, 0.29) is 43.2 Å². The molecule has 4 spiro atoms. The molecule has 54 heavy (non-hydrogen) atoms. The van der Waals surface area contributed by atoms with Crippen LogP contribution < -0.4 is 5.32 Å². The van der Waals surface area contributed by atoms with E-state index in [0.717, 1.165) is 38.0 Å². The van der Waals surface area contributed by atoms with Crippen molar-refractivity contribution in [1.29, 1.82) is 0 Å². The molecule has 0 unspecified atom stereocenters. The summed E-state index contributed by atoms with van der Waals surface area (Å²) >= 11 is 0. The first kappa shape index (κ1) is 34.2. The fraction of sp³-hybridized carbons (Fsp3) is 0.738. The molecule has 3 saturated carbocycles. The first-order valence-corrected chi connectivity index (χ1v) is 20.3. The molecule has 8 fully saturated rings. The number of nitrogens with zero attached hydrogens (tertiary/aromatic N) is 1.